The fraction of sp³-hybridized carbons (Fsp3) is 0.562. The average molecular weight is 297 g/mol. The van der Waals surface area contributed by atoms with Crippen LogP contribution in [0.25, 0.3) is 0 Å². The minimum atomic E-state index is -0.213. The predicted octanol–water partition coefficient (Wildman–Crippen LogP) is 3.05. The predicted molar refractivity (Wildman–Crippen MR) is 84.8 cm³/mol. The number of carbonyl (C=O) groups is 1. The second-order valence-electron chi connectivity index (χ2n) is 6.02. The van der Waals surface area contributed by atoms with Crippen molar-refractivity contribution in [2.75, 3.05) is 6.54 Å². The Kier molecular flexibility index (Phi) is 6.03. The lowest BCUT2D eigenvalue weighted by Crippen LogP contribution is -2.34. The number of rotatable bonds is 6. The maximum Gasteiger partial charge on any atom is 0.221 e. The summed E-state index contributed by atoms with van der Waals surface area (Å²) in [5.41, 5.74) is 7.42. The number of amides is 1. The van der Waals surface area contributed by atoms with Crippen molar-refractivity contribution in [2.24, 2.45) is 17.1 Å². The monoisotopic (exact) mass is 296 g/mol. The molecular weight excluding hydrogens is 272 g/mol. The molecule has 3 N–H and O–H groups in total. The Balaban J connectivity index is 0.00000200. The largest absolute Gasteiger partial charge is 0.355 e. The summed E-state index contributed by atoms with van der Waals surface area (Å²) < 4.78 is 0. The van der Waals surface area contributed by atoms with Gasteiger partial charge in [0.05, 0.1) is 0 Å². The van der Waals surface area contributed by atoms with E-state index in [2.05, 4.69) is 19.2 Å². The molecule has 0 heterocycles. The van der Waals surface area contributed by atoms with Crippen LogP contribution in [-0.2, 0) is 4.79 Å². The van der Waals surface area contributed by atoms with Crippen molar-refractivity contribution in [3.8, 4) is 0 Å². The standard InChI is InChI=1S/C16H24N2O.ClH/c1-12(2)16(8-9-16)11-18-15(19)10-14(17)13-6-4-3-5-7-13;/h3-7,12,14H,8-11,17H2,1-2H3,(H,18,19);1H. The van der Waals surface area contributed by atoms with E-state index in [0.717, 1.165) is 12.1 Å². The lowest BCUT2D eigenvalue weighted by Gasteiger charge is -2.20. The smallest absolute Gasteiger partial charge is 0.221 e. The molecule has 20 heavy (non-hydrogen) atoms. The zero-order chi connectivity index (χ0) is 13.9. The topological polar surface area (TPSA) is 55.1 Å². The van der Waals surface area contributed by atoms with E-state index < -0.39 is 0 Å². The number of carbonyl (C=O) groups excluding carboxylic acids is 1. The molecular formula is C16H25ClN2O. The van der Waals surface area contributed by atoms with Crippen molar-refractivity contribution < 1.29 is 4.79 Å². The first-order valence-electron chi connectivity index (χ1n) is 7.11. The SMILES string of the molecule is CC(C)C1(CNC(=O)CC(N)c2ccccc2)CC1.Cl. The van der Waals surface area contributed by atoms with Gasteiger partial charge in [0.2, 0.25) is 5.91 Å². The summed E-state index contributed by atoms with van der Waals surface area (Å²) in [6.07, 6.45) is 2.82. The molecule has 112 valence electrons. The second kappa shape index (κ2) is 7.09. The summed E-state index contributed by atoms with van der Waals surface area (Å²) >= 11 is 0. The Hall–Kier alpha value is -1.06. The molecule has 1 aliphatic rings. The van der Waals surface area contributed by atoms with Crippen LogP contribution in [0.15, 0.2) is 30.3 Å². The Bertz CT molecular complexity index is 429. The molecule has 1 aromatic rings. The van der Waals surface area contributed by atoms with Gasteiger partial charge in [0, 0.05) is 19.0 Å². The summed E-state index contributed by atoms with van der Waals surface area (Å²) in [5, 5.41) is 3.05. The van der Waals surface area contributed by atoms with Gasteiger partial charge in [-0.25, -0.2) is 0 Å². The molecule has 4 heteroatoms. The average Bonchev–Trinajstić information content (AvgIpc) is 3.18. The molecule has 1 atom stereocenters. The van der Waals surface area contributed by atoms with Gasteiger partial charge >= 0.3 is 0 Å². The zero-order valence-corrected chi connectivity index (χ0v) is 13.1. The number of hydrogen-bond donors (Lipinski definition) is 2. The fourth-order valence-electron chi connectivity index (χ4n) is 2.48. The van der Waals surface area contributed by atoms with E-state index in [1.165, 1.54) is 12.8 Å². The molecule has 1 saturated carbocycles. The summed E-state index contributed by atoms with van der Waals surface area (Å²) in [5.74, 6) is 0.693. The zero-order valence-electron chi connectivity index (χ0n) is 12.3. The van der Waals surface area contributed by atoms with Crippen LogP contribution in [0.1, 0.15) is 44.7 Å². The highest BCUT2D eigenvalue weighted by atomic mass is 35.5. The van der Waals surface area contributed by atoms with Gasteiger partial charge in [-0.1, -0.05) is 44.2 Å². The van der Waals surface area contributed by atoms with Gasteiger partial charge in [0.25, 0.3) is 0 Å². The molecule has 0 aromatic heterocycles. The molecule has 1 amide bonds. The van der Waals surface area contributed by atoms with Gasteiger partial charge < -0.3 is 11.1 Å². The third-order valence-electron chi connectivity index (χ3n) is 4.39. The molecule has 3 nitrogen and oxygen atoms in total. The molecule has 0 saturated heterocycles. The Morgan fingerprint density at radius 3 is 2.40 bits per heavy atom. The Morgan fingerprint density at radius 2 is 1.90 bits per heavy atom. The third-order valence-corrected chi connectivity index (χ3v) is 4.39. The third kappa shape index (κ3) is 4.22. The molecule has 1 unspecified atom stereocenters. The summed E-state index contributed by atoms with van der Waals surface area (Å²) in [4.78, 5) is 11.9. The van der Waals surface area contributed by atoms with E-state index in [1.54, 1.807) is 0 Å². The van der Waals surface area contributed by atoms with E-state index in [4.69, 9.17) is 5.73 Å². The number of nitrogens with two attached hydrogens (primary N) is 1. The minimum absolute atomic E-state index is 0. The summed E-state index contributed by atoms with van der Waals surface area (Å²) in [6, 6.07) is 9.57. The van der Waals surface area contributed by atoms with Gasteiger partial charge in [0.15, 0.2) is 0 Å². The van der Waals surface area contributed by atoms with E-state index in [0.29, 0.717) is 17.8 Å². The molecule has 0 radical (unpaired) electrons. The van der Waals surface area contributed by atoms with Crippen LogP contribution < -0.4 is 11.1 Å². The molecule has 1 aliphatic carbocycles. The van der Waals surface area contributed by atoms with Gasteiger partial charge in [-0.3, -0.25) is 4.79 Å². The lowest BCUT2D eigenvalue weighted by atomic mass is 9.92. The van der Waals surface area contributed by atoms with Crippen LogP contribution >= 0.6 is 12.4 Å². The van der Waals surface area contributed by atoms with Crippen molar-refractivity contribution >= 4 is 18.3 Å². The first kappa shape index (κ1) is 17.0. The Morgan fingerprint density at radius 1 is 1.30 bits per heavy atom. The van der Waals surface area contributed by atoms with Crippen LogP contribution in [0, 0.1) is 11.3 Å². The summed E-state index contributed by atoms with van der Waals surface area (Å²) in [7, 11) is 0. The van der Waals surface area contributed by atoms with Gasteiger partial charge in [-0.2, -0.15) is 0 Å². The van der Waals surface area contributed by atoms with Gasteiger partial charge in [0.1, 0.15) is 0 Å². The van der Waals surface area contributed by atoms with E-state index in [9.17, 15) is 4.79 Å². The van der Waals surface area contributed by atoms with Crippen molar-refractivity contribution in [1.29, 1.82) is 0 Å². The quantitative estimate of drug-likeness (QED) is 0.848. The van der Waals surface area contributed by atoms with Gasteiger partial charge in [-0.15, -0.1) is 12.4 Å². The van der Waals surface area contributed by atoms with Crippen molar-refractivity contribution in [3.05, 3.63) is 35.9 Å². The maximum atomic E-state index is 11.9. The number of hydrogen-bond acceptors (Lipinski definition) is 2. The number of halogens is 1. The normalized spacial score (nSPS) is 17.2. The van der Waals surface area contributed by atoms with Crippen LogP contribution in [0.4, 0.5) is 0 Å². The van der Waals surface area contributed by atoms with Crippen molar-refractivity contribution in [2.45, 2.75) is 39.2 Å². The molecule has 0 spiro atoms. The number of benzene rings is 1. The molecule has 1 aromatic carbocycles. The van der Waals surface area contributed by atoms with E-state index in [-0.39, 0.29) is 24.4 Å². The van der Waals surface area contributed by atoms with Crippen LogP contribution in [-0.4, -0.2) is 12.5 Å². The van der Waals surface area contributed by atoms with Crippen LogP contribution in [0.5, 0.6) is 0 Å². The molecule has 0 aliphatic heterocycles. The highest BCUT2D eigenvalue weighted by molar-refractivity contribution is 5.85. The highest BCUT2D eigenvalue weighted by Gasteiger charge is 2.45. The Labute approximate surface area is 127 Å². The van der Waals surface area contributed by atoms with Crippen molar-refractivity contribution in [1.82, 2.24) is 5.32 Å². The molecule has 2 rings (SSSR count). The number of nitrogens with one attached hydrogen (secondary N) is 1. The highest BCUT2D eigenvalue weighted by Crippen LogP contribution is 2.51. The van der Waals surface area contributed by atoms with E-state index in [1.807, 2.05) is 30.3 Å². The fourth-order valence-corrected chi connectivity index (χ4v) is 2.48. The van der Waals surface area contributed by atoms with Gasteiger partial charge in [-0.05, 0) is 29.7 Å². The van der Waals surface area contributed by atoms with Crippen LogP contribution in [0.3, 0.4) is 0 Å². The lowest BCUT2D eigenvalue weighted by molar-refractivity contribution is -0.121. The second-order valence-corrected chi connectivity index (χ2v) is 6.02. The summed E-state index contributed by atoms with van der Waals surface area (Å²) in [6.45, 7) is 5.26. The first-order chi connectivity index (χ1) is 9.03. The van der Waals surface area contributed by atoms with Crippen LogP contribution in [0.2, 0.25) is 0 Å². The molecule has 1 fully saturated rings. The maximum absolute atomic E-state index is 11.9. The first-order valence-corrected chi connectivity index (χ1v) is 7.11. The van der Waals surface area contributed by atoms with E-state index >= 15 is 0 Å². The molecule has 0 bridgehead atoms. The van der Waals surface area contributed by atoms with Crippen molar-refractivity contribution in [3.63, 3.8) is 0 Å². The minimum Gasteiger partial charge on any atom is -0.355 e.